The number of piperidine rings is 3. The van der Waals surface area contributed by atoms with Gasteiger partial charge in [-0.25, -0.2) is 0 Å². The molecule has 4 aliphatic heterocycles. The van der Waals surface area contributed by atoms with Gasteiger partial charge in [0, 0.05) is 27.8 Å². The van der Waals surface area contributed by atoms with Crippen LogP contribution < -0.4 is 9.47 Å². The van der Waals surface area contributed by atoms with Crippen molar-refractivity contribution in [1.82, 2.24) is 9.80 Å². The number of aryl methyl sites for hydroxylation is 1. The van der Waals surface area contributed by atoms with Gasteiger partial charge in [-0.15, -0.1) is 11.3 Å². The molecule has 5 heterocycles. The number of amidine groups is 1. The molecule has 7 heteroatoms. The summed E-state index contributed by atoms with van der Waals surface area (Å²) in [4.78, 5) is 11.3. The number of rotatable bonds is 5. The predicted octanol–water partition coefficient (Wildman–Crippen LogP) is 4.84. The summed E-state index contributed by atoms with van der Waals surface area (Å²) >= 11 is 1.79. The highest BCUT2D eigenvalue weighted by Gasteiger charge is 2.57. The van der Waals surface area contributed by atoms with Gasteiger partial charge in [-0.3, -0.25) is 4.90 Å². The molecular weight excluding hydrogens is 434 g/mol. The maximum Gasteiger partial charge on any atom is 0.227 e. The van der Waals surface area contributed by atoms with E-state index in [1.807, 2.05) is 12.1 Å². The number of hydrogen-bond acceptors (Lipinski definition) is 7. The normalized spacial score (nSPS) is 26.0. The van der Waals surface area contributed by atoms with Crippen molar-refractivity contribution < 1.29 is 14.3 Å². The Balaban J connectivity index is 1.43. The largest absolute Gasteiger partial charge is 0.497 e. The molecule has 0 N–H and O–H groups in total. The van der Waals surface area contributed by atoms with Crippen LogP contribution in [0.2, 0.25) is 0 Å². The Bertz CT molecular complexity index is 1230. The van der Waals surface area contributed by atoms with E-state index in [1.165, 1.54) is 15.6 Å². The smallest absolute Gasteiger partial charge is 0.227 e. The number of methoxy groups -OCH3 is 2. The van der Waals surface area contributed by atoms with E-state index < -0.39 is 5.72 Å². The molecule has 172 valence electrons. The highest BCUT2D eigenvalue weighted by Crippen LogP contribution is 2.46. The molecule has 3 aromatic rings. The molecule has 1 spiro atoms. The Morgan fingerprint density at radius 3 is 2.70 bits per heavy atom. The van der Waals surface area contributed by atoms with Gasteiger partial charge in [0.1, 0.15) is 11.5 Å². The fourth-order valence-corrected chi connectivity index (χ4v) is 6.59. The van der Waals surface area contributed by atoms with E-state index in [9.17, 15) is 0 Å². The van der Waals surface area contributed by atoms with Gasteiger partial charge in [-0.2, -0.15) is 0 Å². The fraction of sp³-hybridized carbons (Fsp3) is 0.423. The first-order chi connectivity index (χ1) is 16.1. The van der Waals surface area contributed by atoms with Gasteiger partial charge in [0.15, 0.2) is 5.84 Å². The molecular formula is C26H29N3O3S. The SMILES string of the molecule is COc1ccc(CN2C(c3ccc4scc(C)c4c3)=NOC23CN2CCC3CC2)c(OC)c1. The van der Waals surface area contributed by atoms with Crippen LogP contribution in [0.3, 0.4) is 0 Å². The second-order valence-electron chi connectivity index (χ2n) is 9.29. The second kappa shape index (κ2) is 7.92. The van der Waals surface area contributed by atoms with Crippen molar-refractivity contribution in [2.75, 3.05) is 33.9 Å². The molecule has 4 aliphatic rings. The summed E-state index contributed by atoms with van der Waals surface area (Å²) in [5.74, 6) is 2.98. The average Bonchev–Trinajstić information content (AvgIpc) is 3.40. The van der Waals surface area contributed by atoms with Crippen molar-refractivity contribution in [2.45, 2.75) is 32.0 Å². The molecule has 1 aromatic heterocycles. The maximum atomic E-state index is 6.42. The van der Waals surface area contributed by atoms with Crippen LogP contribution in [0.25, 0.3) is 10.1 Å². The van der Waals surface area contributed by atoms with Gasteiger partial charge in [0.2, 0.25) is 5.72 Å². The highest BCUT2D eigenvalue weighted by molar-refractivity contribution is 7.17. The molecule has 0 saturated carbocycles. The summed E-state index contributed by atoms with van der Waals surface area (Å²) in [7, 11) is 3.39. The molecule has 2 bridgehead atoms. The zero-order chi connectivity index (χ0) is 22.6. The number of fused-ring (bicyclic) bond motifs is 3. The minimum atomic E-state index is -0.435. The average molecular weight is 464 g/mol. The minimum absolute atomic E-state index is 0.435. The maximum absolute atomic E-state index is 6.42. The quantitative estimate of drug-likeness (QED) is 0.542. The van der Waals surface area contributed by atoms with Gasteiger partial charge in [0.05, 0.1) is 27.3 Å². The standard InChI is InChI=1S/C26H29N3O3S/c1-17-15-33-24-7-5-18(12-22(17)24)25-27-32-26(16-28-10-8-20(26)9-11-28)29(25)14-19-4-6-21(30-2)13-23(19)31-3/h4-7,12-13,15,20H,8-11,14,16H2,1-3H3. The summed E-state index contributed by atoms with van der Waals surface area (Å²) in [6.45, 7) is 6.00. The number of oxime groups is 1. The van der Waals surface area contributed by atoms with Crippen molar-refractivity contribution in [2.24, 2.45) is 11.1 Å². The number of hydrogen-bond donors (Lipinski definition) is 0. The van der Waals surface area contributed by atoms with Crippen LogP contribution in [0, 0.1) is 12.8 Å². The van der Waals surface area contributed by atoms with Crippen molar-refractivity contribution in [3.63, 3.8) is 0 Å². The number of ether oxygens (including phenoxy) is 2. The van der Waals surface area contributed by atoms with Crippen molar-refractivity contribution in [3.8, 4) is 11.5 Å². The zero-order valence-corrected chi connectivity index (χ0v) is 20.2. The molecule has 2 aromatic carbocycles. The van der Waals surface area contributed by atoms with Crippen LogP contribution in [0.1, 0.15) is 29.5 Å². The Morgan fingerprint density at radius 2 is 1.97 bits per heavy atom. The Kier molecular flexibility index (Phi) is 4.99. The van der Waals surface area contributed by atoms with Crippen LogP contribution >= 0.6 is 11.3 Å². The molecule has 0 amide bonds. The van der Waals surface area contributed by atoms with Gasteiger partial charge in [0.25, 0.3) is 0 Å². The molecule has 1 unspecified atom stereocenters. The van der Waals surface area contributed by atoms with E-state index in [1.54, 1.807) is 25.6 Å². The fourth-order valence-electron chi connectivity index (χ4n) is 5.67. The third-order valence-corrected chi connectivity index (χ3v) is 8.61. The summed E-state index contributed by atoms with van der Waals surface area (Å²) in [6, 6.07) is 12.7. The second-order valence-corrected chi connectivity index (χ2v) is 10.2. The monoisotopic (exact) mass is 463 g/mol. The highest BCUT2D eigenvalue weighted by atomic mass is 32.1. The summed E-state index contributed by atoms with van der Waals surface area (Å²) in [6.07, 6.45) is 2.28. The zero-order valence-electron chi connectivity index (χ0n) is 19.3. The Hall–Kier alpha value is -2.77. The minimum Gasteiger partial charge on any atom is -0.497 e. The van der Waals surface area contributed by atoms with E-state index in [0.717, 1.165) is 60.9 Å². The van der Waals surface area contributed by atoms with Crippen LogP contribution in [0.15, 0.2) is 46.9 Å². The number of thiophene rings is 1. The van der Waals surface area contributed by atoms with Crippen molar-refractivity contribution in [1.29, 1.82) is 0 Å². The lowest BCUT2D eigenvalue weighted by Crippen LogP contribution is -2.66. The van der Waals surface area contributed by atoms with Crippen molar-refractivity contribution in [3.05, 3.63) is 58.5 Å². The third-order valence-electron chi connectivity index (χ3n) is 7.53. The van der Waals surface area contributed by atoms with Gasteiger partial charge in [-0.05, 0) is 79.5 Å². The van der Waals surface area contributed by atoms with Crippen LogP contribution in [0.5, 0.6) is 11.5 Å². The van der Waals surface area contributed by atoms with Crippen molar-refractivity contribution >= 4 is 27.3 Å². The first-order valence-corrected chi connectivity index (χ1v) is 12.4. The Labute approximate surface area is 198 Å². The van der Waals surface area contributed by atoms with E-state index in [2.05, 4.69) is 46.4 Å². The lowest BCUT2D eigenvalue weighted by atomic mass is 9.79. The van der Waals surface area contributed by atoms with E-state index >= 15 is 0 Å². The third kappa shape index (κ3) is 3.28. The lowest BCUT2D eigenvalue weighted by molar-refractivity contribution is -0.198. The van der Waals surface area contributed by atoms with Gasteiger partial charge in [-0.1, -0.05) is 5.16 Å². The number of nitrogens with zero attached hydrogens (tertiary/aromatic N) is 3. The summed E-state index contributed by atoms with van der Waals surface area (Å²) in [5.41, 5.74) is 3.07. The molecule has 3 fully saturated rings. The lowest BCUT2D eigenvalue weighted by Gasteiger charge is -2.53. The van der Waals surface area contributed by atoms with Gasteiger partial charge < -0.3 is 19.2 Å². The van der Waals surface area contributed by atoms with E-state index in [-0.39, 0.29) is 0 Å². The molecule has 3 saturated heterocycles. The van der Waals surface area contributed by atoms with Crippen LogP contribution in [-0.4, -0.2) is 55.2 Å². The first-order valence-electron chi connectivity index (χ1n) is 11.6. The molecule has 0 radical (unpaired) electrons. The summed E-state index contributed by atoms with van der Waals surface area (Å²) < 4.78 is 12.5. The number of benzene rings is 2. The van der Waals surface area contributed by atoms with Crippen LogP contribution in [0.4, 0.5) is 0 Å². The van der Waals surface area contributed by atoms with E-state index in [0.29, 0.717) is 12.5 Å². The molecule has 0 aliphatic carbocycles. The predicted molar refractivity (Wildman–Crippen MR) is 131 cm³/mol. The van der Waals surface area contributed by atoms with E-state index in [4.69, 9.17) is 19.5 Å². The van der Waals surface area contributed by atoms with Crippen LogP contribution in [-0.2, 0) is 11.4 Å². The summed E-state index contributed by atoms with van der Waals surface area (Å²) in [5, 5.41) is 8.25. The topological polar surface area (TPSA) is 46.5 Å². The molecule has 1 atom stereocenters. The molecule has 33 heavy (non-hydrogen) atoms. The molecule has 7 rings (SSSR count). The molecule has 6 nitrogen and oxygen atoms in total. The Morgan fingerprint density at radius 1 is 1.12 bits per heavy atom. The van der Waals surface area contributed by atoms with Gasteiger partial charge >= 0.3 is 0 Å². The first kappa shape index (κ1) is 20.8.